The third-order valence-electron chi connectivity index (χ3n) is 4.97. The SMILES string of the molecule is Cc1cn2cc(-n3cnc4sc(N5CCN(C)CC5)nc4c3=O)cc(F)c2n1. The van der Waals surface area contributed by atoms with Crippen molar-refractivity contribution in [3.63, 3.8) is 0 Å². The van der Waals surface area contributed by atoms with Gasteiger partial charge in [0.25, 0.3) is 5.56 Å². The minimum Gasteiger partial charge on any atom is -0.345 e. The number of hydrogen-bond donors (Lipinski definition) is 0. The van der Waals surface area contributed by atoms with Gasteiger partial charge in [-0.25, -0.2) is 19.3 Å². The molecule has 0 unspecified atom stereocenters. The number of anilines is 1. The Bertz CT molecular complexity index is 1250. The summed E-state index contributed by atoms with van der Waals surface area (Å²) in [7, 11) is 2.09. The number of pyridine rings is 1. The number of halogens is 1. The molecule has 144 valence electrons. The molecule has 0 aromatic carbocycles. The molecule has 10 heteroatoms. The summed E-state index contributed by atoms with van der Waals surface area (Å²) in [5.41, 5.74) is 1.32. The minimum absolute atomic E-state index is 0.231. The molecule has 5 heterocycles. The first-order valence-electron chi connectivity index (χ1n) is 8.96. The van der Waals surface area contributed by atoms with E-state index in [-0.39, 0.29) is 11.2 Å². The molecule has 4 aromatic heterocycles. The van der Waals surface area contributed by atoms with Crippen molar-refractivity contribution in [3.05, 3.63) is 46.7 Å². The maximum Gasteiger partial charge on any atom is 0.285 e. The Labute approximate surface area is 163 Å². The van der Waals surface area contributed by atoms with Crippen LogP contribution in [0.1, 0.15) is 5.69 Å². The fourth-order valence-corrected chi connectivity index (χ4v) is 4.37. The number of rotatable bonds is 2. The molecule has 0 atom stereocenters. The Morgan fingerprint density at radius 1 is 1.14 bits per heavy atom. The van der Waals surface area contributed by atoms with E-state index in [0.29, 0.717) is 21.7 Å². The summed E-state index contributed by atoms with van der Waals surface area (Å²) in [6, 6.07) is 1.30. The van der Waals surface area contributed by atoms with Crippen LogP contribution >= 0.6 is 11.3 Å². The molecule has 0 saturated carbocycles. The highest BCUT2D eigenvalue weighted by Gasteiger charge is 2.20. The van der Waals surface area contributed by atoms with Crippen molar-refractivity contribution in [2.24, 2.45) is 0 Å². The van der Waals surface area contributed by atoms with E-state index in [1.807, 2.05) is 0 Å². The second kappa shape index (κ2) is 6.35. The third-order valence-corrected chi connectivity index (χ3v) is 6.00. The molecular formula is C18H18FN7OS. The first-order chi connectivity index (χ1) is 13.5. The molecule has 1 saturated heterocycles. The average molecular weight is 399 g/mol. The van der Waals surface area contributed by atoms with Crippen molar-refractivity contribution in [3.8, 4) is 5.69 Å². The van der Waals surface area contributed by atoms with Gasteiger partial charge >= 0.3 is 0 Å². The van der Waals surface area contributed by atoms with E-state index < -0.39 is 5.82 Å². The van der Waals surface area contributed by atoms with Crippen molar-refractivity contribution >= 4 is 32.5 Å². The van der Waals surface area contributed by atoms with Gasteiger partial charge in [-0.1, -0.05) is 11.3 Å². The first kappa shape index (κ1) is 17.3. The normalized spacial score (nSPS) is 15.8. The van der Waals surface area contributed by atoms with E-state index in [2.05, 4.69) is 31.8 Å². The quantitative estimate of drug-likeness (QED) is 0.511. The van der Waals surface area contributed by atoms with Crippen molar-refractivity contribution in [1.29, 1.82) is 0 Å². The molecule has 0 spiro atoms. The van der Waals surface area contributed by atoms with E-state index in [1.54, 1.807) is 23.7 Å². The van der Waals surface area contributed by atoms with Crippen molar-refractivity contribution < 1.29 is 4.39 Å². The van der Waals surface area contributed by atoms with E-state index in [4.69, 9.17) is 0 Å². The number of fused-ring (bicyclic) bond motifs is 2. The second-order valence-electron chi connectivity index (χ2n) is 7.02. The number of piperazine rings is 1. The fourth-order valence-electron chi connectivity index (χ4n) is 3.42. The van der Waals surface area contributed by atoms with Crippen LogP contribution in [0.4, 0.5) is 9.52 Å². The number of likely N-dealkylation sites (N-methyl/N-ethyl adjacent to an activating group) is 1. The van der Waals surface area contributed by atoms with Gasteiger partial charge in [-0.3, -0.25) is 9.36 Å². The van der Waals surface area contributed by atoms with Crippen LogP contribution in [0.2, 0.25) is 0 Å². The van der Waals surface area contributed by atoms with Gasteiger partial charge in [-0.05, 0) is 14.0 Å². The highest BCUT2D eigenvalue weighted by atomic mass is 32.1. The first-order valence-corrected chi connectivity index (χ1v) is 9.78. The molecule has 28 heavy (non-hydrogen) atoms. The van der Waals surface area contributed by atoms with Gasteiger partial charge in [-0.15, -0.1) is 0 Å². The number of imidazole rings is 1. The lowest BCUT2D eigenvalue weighted by molar-refractivity contribution is 0.313. The van der Waals surface area contributed by atoms with Gasteiger partial charge in [0.05, 0.1) is 11.4 Å². The molecule has 0 radical (unpaired) electrons. The van der Waals surface area contributed by atoms with Crippen LogP contribution in [-0.4, -0.2) is 62.0 Å². The van der Waals surface area contributed by atoms with Gasteiger partial charge in [0.1, 0.15) is 6.33 Å². The van der Waals surface area contributed by atoms with Gasteiger partial charge in [0.15, 0.2) is 26.9 Å². The number of nitrogens with zero attached hydrogens (tertiary/aromatic N) is 7. The van der Waals surface area contributed by atoms with E-state index in [0.717, 1.165) is 31.3 Å². The number of hydrogen-bond acceptors (Lipinski definition) is 7. The fraction of sp³-hybridized carbons (Fsp3) is 0.333. The van der Waals surface area contributed by atoms with Crippen LogP contribution < -0.4 is 10.5 Å². The number of aromatic nitrogens is 5. The Morgan fingerprint density at radius 2 is 1.93 bits per heavy atom. The molecule has 5 rings (SSSR count). The van der Waals surface area contributed by atoms with Crippen LogP contribution in [-0.2, 0) is 0 Å². The summed E-state index contributed by atoms with van der Waals surface area (Å²) < 4.78 is 17.3. The zero-order valence-corrected chi connectivity index (χ0v) is 16.3. The van der Waals surface area contributed by atoms with Gasteiger partial charge < -0.3 is 14.2 Å². The van der Waals surface area contributed by atoms with Gasteiger partial charge in [0, 0.05) is 44.6 Å². The smallest absolute Gasteiger partial charge is 0.285 e. The van der Waals surface area contributed by atoms with Crippen LogP contribution in [0.5, 0.6) is 0 Å². The highest BCUT2D eigenvalue weighted by molar-refractivity contribution is 7.21. The van der Waals surface area contributed by atoms with E-state index in [1.165, 1.54) is 28.3 Å². The topological polar surface area (TPSA) is 71.6 Å². The monoisotopic (exact) mass is 399 g/mol. The summed E-state index contributed by atoms with van der Waals surface area (Å²) >= 11 is 1.41. The van der Waals surface area contributed by atoms with Crippen LogP contribution in [0.15, 0.2) is 29.6 Å². The molecular weight excluding hydrogens is 381 g/mol. The highest BCUT2D eigenvalue weighted by Crippen LogP contribution is 2.26. The molecule has 1 aliphatic rings. The lowest BCUT2D eigenvalue weighted by Crippen LogP contribution is -2.44. The average Bonchev–Trinajstić information content (AvgIpc) is 3.26. The Kier molecular flexibility index (Phi) is 3.91. The predicted octanol–water partition coefficient (Wildman–Crippen LogP) is 1.69. The molecule has 0 amide bonds. The summed E-state index contributed by atoms with van der Waals surface area (Å²) in [5.74, 6) is -0.492. The van der Waals surface area contributed by atoms with Crippen LogP contribution in [0, 0.1) is 12.7 Å². The Hall–Kier alpha value is -2.85. The minimum atomic E-state index is -0.492. The Morgan fingerprint density at radius 3 is 2.71 bits per heavy atom. The maximum absolute atomic E-state index is 14.4. The summed E-state index contributed by atoms with van der Waals surface area (Å²) in [6.07, 6.45) is 4.81. The molecule has 0 bridgehead atoms. The summed E-state index contributed by atoms with van der Waals surface area (Å²) in [6.45, 7) is 5.44. The zero-order chi connectivity index (χ0) is 19.4. The molecule has 0 N–H and O–H groups in total. The lowest BCUT2D eigenvalue weighted by atomic mass is 10.3. The third kappa shape index (κ3) is 2.76. The molecule has 0 aliphatic carbocycles. The molecule has 1 fully saturated rings. The van der Waals surface area contributed by atoms with Crippen molar-refractivity contribution in [2.75, 3.05) is 38.1 Å². The van der Waals surface area contributed by atoms with Crippen LogP contribution in [0.25, 0.3) is 21.7 Å². The number of thiazole rings is 1. The van der Waals surface area contributed by atoms with E-state index in [9.17, 15) is 9.18 Å². The molecule has 4 aromatic rings. The van der Waals surface area contributed by atoms with Crippen molar-refractivity contribution in [2.45, 2.75) is 6.92 Å². The van der Waals surface area contributed by atoms with Crippen LogP contribution in [0.3, 0.4) is 0 Å². The predicted molar refractivity (Wildman–Crippen MR) is 106 cm³/mol. The Balaban J connectivity index is 1.59. The maximum atomic E-state index is 14.4. The molecule has 8 nitrogen and oxygen atoms in total. The second-order valence-corrected chi connectivity index (χ2v) is 7.98. The molecule has 1 aliphatic heterocycles. The standard InChI is InChI=1S/C18H18FN7OS/c1-11-8-25-9-12(7-13(19)15(25)21-11)26-10-20-16-14(17(26)27)22-18(28-16)24-5-3-23(2)4-6-24/h7-10H,3-6H2,1-2H3. The van der Waals surface area contributed by atoms with Crippen molar-refractivity contribution in [1.82, 2.24) is 28.8 Å². The lowest BCUT2D eigenvalue weighted by Gasteiger charge is -2.31. The van der Waals surface area contributed by atoms with E-state index >= 15 is 0 Å². The summed E-state index contributed by atoms with van der Waals surface area (Å²) in [4.78, 5) is 31.2. The largest absolute Gasteiger partial charge is 0.345 e. The summed E-state index contributed by atoms with van der Waals surface area (Å²) in [5, 5.41) is 0.803. The number of aryl methyl sites for hydroxylation is 1. The zero-order valence-electron chi connectivity index (χ0n) is 15.5. The van der Waals surface area contributed by atoms with Gasteiger partial charge in [-0.2, -0.15) is 0 Å². The van der Waals surface area contributed by atoms with Gasteiger partial charge in [0.2, 0.25) is 0 Å².